The lowest BCUT2D eigenvalue weighted by atomic mass is 10.3. The maximum atomic E-state index is 4.38. The Labute approximate surface area is 93.3 Å². The van der Waals surface area contributed by atoms with Crippen molar-refractivity contribution in [2.24, 2.45) is 4.99 Å². The molecule has 0 aromatic rings. The van der Waals surface area contributed by atoms with Crippen LogP contribution < -0.4 is 5.32 Å². The summed E-state index contributed by atoms with van der Waals surface area (Å²) in [5, 5.41) is 3.36. The third-order valence-corrected chi connectivity index (χ3v) is 2.60. The standard InChI is InChI=1S/C12H23N3/c1-2-3-4-6-13-7-5-10-15-11-8-14-9-12-15/h2,6,14H,1,3-5,7-12H2/b13-6-. The minimum Gasteiger partial charge on any atom is -0.314 e. The van der Waals surface area contributed by atoms with Crippen molar-refractivity contribution in [1.29, 1.82) is 0 Å². The Morgan fingerprint density at radius 3 is 2.80 bits per heavy atom. The molecule has 3 heteroatoms. The quantitative estimate of drug-likeness (QED) is 0.389. The average Bonchev–Trinajstić information content (AvgIpc) is 2.29. The highest BCUT2D eigenvalue weighted by molar-refractivity contribution is 5.57. The second-order valence-electron chi connectivity index (χ2n) is 3.90. The first-order valence-corrected chi connectivity index (χ1v) is 5.95. The van der Waals surface area contributed by atoms with E-state index in [1.807, 2.05) is 12.3 Å². The van der Waals surface area contributed by atoms with Crippen LogP contribution in [0.5, 0.6) is 0 Å². The molecule has 0 unspecified atom stereocenters. The summed E-state index contributed by atoms with van der Waals surface area (Å²) < 4.78 is 0. The van der Waals surface area contributed by atoms with Gasteiger partial charge in [0.05, 0.1) is 0 Å². The monoisotopic (exact) mass is 209 g/mol. The second-order valence-corrected chi connectivity index (χ2v) is 3.90. The zero-order valence-electron chi connectivity index (χ0n) is 9.62. The summed E-state index contributed by atoms with van der Waals surface area (Å²) in [6.45, 7) is 10.5. The molecule has 86 valence electrons. The highest BCUT2D eigenvalue weighted by Crippen LogP contribution is 1.94. The van der Waals surface area contributed by atoms with Crippen molar-refractivity contribution in [2.45, 2.75) is 19.3 Å². The maximum absolute atomic E-state index is 4.38. The number of hydrogen-bond donors (Lipinski definition) is 1. The van der Waals surface area contributed by atoms with Crippen molar-refractivity contribution in [3.8, 4) is 0 Å². The molecule has 0 amide bonds. The van der Waals surface area contributed by atoms with Crippen LogP contribution in [0.4, 0.5) is 0 Å². The van der Waals surface area contributed by atoms with Crippen LogP contribution in [0.25, 0.3) is 0 Å². The van der Waals surface area contributed by atoms with Gasteiger partial charge >= 0.3 is 0 Å². The Balaban J connectivity index is 1.91. The topological polar surface area (TPSA) is 27.6 Å². The molecule has 3 nitrogen and oxygen atoms in total. The van der Waals surface area contributed by atoms with Crippen molar-refractivity contribution < 1.29 is 0 Å². The first kappa shape index (κ1) is 12.4. The molecular formula is C12H23N3. The van der Waals surface area contributed by atoms with E-state index in [0.717, 1.165) is 32.5 Å². The highest BCUT2D eigenvalue weighted by atomic mass is 15.2. The molecule has 1 aliphatic heterocycles. The number of rotatable bonds is 7. The predicted molar refractivity (Wildman–Crippen MR) is 66.7 cm³/mol. The first-order chi connectivity index (χ1) is 7.43. The molecule has 0 aromatic heterocycles. The zero-order chi connectivity index (χ0) is 10.8. The Hall–Kier alpha value is -0.670. The average molecular weight is 209 g/mol. The number of unbranched alkanes of at least 4 members (excludes halogenated alkanes) is 1. The fourth-order valence-corrected chi connectivity index (χ4v) is 1.70. The van der Waals surface area contributed by atoms with Gasteiger partial charge in [-0.05, 0) is 32.0 Å². The van der Waals surface area contributed by atoms with Gasteiger partial charge in [-0.25, -0.2) is 0 Å². The molecular weight excluding hydrogens is 186 g/mol. The summed E-state index contributed by atoms with van der Waals surface area (Å²) >= 11 is 0. The van der Waals surface area contributed by atoms with E-state index in [0.29, 0.717) is 0 Å². The minimum atomic E-state index is 0.973. The fraction of sp³-hybridized carbons (Fsp3) is 0.750. The molecule has 1 N–H and O–H groups in total. The summed E-state index contributed by atoms with van der Waals surface area (Å²) in [6, 6.07) is 0. The van der Waals surface area contributed by atoms with Crippen LogP contribution in [0.3, 0.4) is 0 Å². The third kappa shape index (κ3) is 6.42. The fourth-order valence-electron chi connectivity index (χ4n) is 1.70. The molecule has 1 heterocycles. The van der Waals surface area contributed by atoms with Gasteiger partial charge < -0.3 is 10.2 Å². The molecule has 1 rings (SSSR count). The van der Waals surface area contributed by atoms with Crippen LogP contribution in [0, 0.1) is 0 Å². The summed E-state index contributed by atoms with van der Waals surface area (Å²) in [7, 11) is 0. The Morgan fingerprint density at radius 2 is 2.07 bits per heavy atom. The van der Waals surface area contributed by atoms with Gasteiger partial charge in [-0.1, -0.05) is 6.08 Å². The van der Waals surface area contributed by atoms with Gasteiger partial charge in [-0.3, -0.25) is 4.99 Å². The smallest absolute Gasteiger partial charge is 0.0397 e. The van der Waals surface area contributed by atoms with Crippen LogP contribution in [0.1, 0.15) is 19.3 Å². The van der Waals surface area contributed by atoms with Crippen molar-refractivity contribution in [2.75, 3.05) is 39.3 Å². The Morgan fingerprint density at radius 1 is 1.27 bits per heavy atom. The van der Waals surface area contributed by atoms with Gasteiger partial charge in [0, 0.05) is 32.7 Å². The molecule has 1 saturated heterocycles. The molecule has 0 aliphatic carbocycles. The van der Waals surface area contributed by atoms with Crippen molar-refractivity contribution in [3.05, 3.63) is 12.7 Å². The van der Waals surface area contributed by atoms with E-state index in [2.05, 4.69) is 21.8 Å². The van der Waals surface area contributed by atoms with Crippen LogP contribution >= 0.6 is 0 Å². The Bertz CT molecular complexity index is 183. The van der Waals surface area contributed by atoms with Crippen molar-refractivity contribution >= 4 is 6.21 Å². The van der Waals surface area contributed by atoms with Crippen LogP contribution in [0.2, 0.25) is 0 Å². The number of hydrogen-bond acceptors (Lipinski definition) is 3. The highest BCUT2D eigenvalue weighted by Gasteiger charge is 2.07. The number of allylic oxidation sites excluding steroid dienone is 1. The van der Waals surface area contributed by atoms with Crippen molar-refractivity contribution in [1.82, 2.24) is 10.2 Å². The largest absolute Gasteiger partial charge is 0.314 e. The summed E-state index contributed by atoms with van der Waals surface area (Å²) in [5.74, 6) is 0. The zero-order valence-corrected chi connectivity index (χ0v) is 9.62. The molecule has 0 atom stereocenters. The summed E-state index contributed by atoms with van der Waals surface area (Å²) in [5.41, 5.74) is 0. The molecule has 15 heavy (non-hydrogen) atoms. The van der Waals surface area contributed by atoms with Gasteiger partial charge in [0.15, 0.2) is 0 Å². The number of nitrogens with zero attached hydrogens (tertiary/aromatic N) is 2. The number of nitrogens with one attached hydrogen (secondary N) is 1. The number of aliphatic imine (C=N–C) groups is 1. The molecule has 0 aromatic carbocycles. The predicted octanol–water partition coefficient (Wildman–Crippen LogP) is 1.32. The normalized spacial score (nSPS) is 18.4. The van der Waals surface area contributed by atoms with E-state index in [-0.39, 0.29) is 0 Å². The molecule has 1 fully saturated rings. The van der Waals surface area contributed by atoms with E-state index >= 15 is 0 Å². The van der Waals surface area contributed by atoms with Gasteiger partial charge in [-0.15, -0.1) is 6.58 Å². The van der Waals surface area contributed by atoms with E-state index in [9.17, 15) is 0 Å². The van der Waals surface area contributed by atoms with Crippen molar-refractivity contribution in [3.63, 3.8) is 0 Å². The lowest BCUT2D eigenvalue weighted by molar-refractivity contribution is 0.240. The van der Waals surface area contributed by atoms with E-state index in [4.69, 9.17) is 0 Å². The SMILES string of the molecule is C=CCC/C=N\CCCN1CCNCC1. The Kier molecular flexibility index (Phi) is 7.13. The van der Waals surface area contributed by atoms with E-state index in [1.165, 1.54) is 26.1 Å². The number of piperazine rings is 1. The second kappa shape index (κ2) is 8.62. The first-order valence-electron chi connectivity index (χ1n) is 5.95. The van der Waals surface area contributed by atoms with Gasteiger partial charge in [-0.2, -0.15) is 0 Å². The lowest BCUT2D eigenvalue weighted by Gasteiger charge is -2.26. The summed E-state index contributed by atoms with van der Waals surface area (Å²) in [4.78, 5) is 6.89. The van der Waals surface area contributed by atoms with Crippen LogP contribution in [-0.4, -0.2) is 50.4 Å². The van der Waals surface area contributed by atoms with Crippen LogP contribution in [-0.2, 0) is 0 Å². The van der Waals surface area contributed by atoms with Gasteiger partial charge in [0.25, 0.3) is 0 Å². The van der Waals surface area contributed by atoms with E-state index < -0.39 is 0 Å². The molecule has 0 bridgehead atoms. The third-order valence-electron chi connectivity index (χ3n) is 2.60. The summed E-state index contributed by atoms with van der Waals surface area (Å²) in [6.07, 6.45) is 7.23. The van der Waals surface area contributed by atoms with E-state index in [1.54, 1.807) is 0 Å². The molecule has 0 spiro atoms. The minimum absolute atomic E-state index is 0.973. The molecule has 0 radical (unpaired) electrons. The van der Waals surface area contributed by atoms with Gasteiger partial charge in [0.1, 0.15) is 0 Å². The lowest BCUT2D eigenvalue weighted by Crippen LogP contribution is -2.43. The molecule has 1 aliphatic rings. The maximum Gasteiger partial charge on any atom is 0.0397 e. The van der Waals surface area contributed by atoms with Gasteiger partial charge in [0.2, 0.25) is 0 Å². The molecule has 0 saturated carbocycles. The van der Waals surface area contributed by atoms with Crippen LogP contribution in [0.15, 0.2) is 17.6 Å².